The highest BCUT2D eigenvalue weighted by atomic mass is 79.9. The number of carbonyl (C=O) groups is 1. The predicted octanol–water partition coefficient (Wildman–Crippen LogP) is 4.37. The Morgan fingerprint density at radius 2 is 2.08 bits per heavy atom. The van der Waals surface area contributed by atoms with Crippen molar-refractivity contribution < 1.29 is 9.53 Å². The molecule has 0 atom stereocenters. The van der Waals surface area contributed by atoms with E-state index in [2.05, 4.69) is 21.9 Å². The lowest BCUT2D eigenvalue weighted by Gasteiger charge is -2.13. The van der Waals surface area contributed by atoms with E-state index in [0.29, 0.717) is 17.9 Å². The maximum absolute atomic E-state index is 12.7. The van der Waals surface area contributed by atoms with Crippen molar-refractivity contribution in [1.82, 2.24) is 0 Å². The third-order valence-corrected chi connectivity index (χ3v) is 4.47. The van der Waals surface area contributed by atoms with Gasteiger partial charge in [-0.3, -0.25) is 4.79 Å². The third-order valence-electron chi connectivity index (χ3n) is 3.85. The number of ether oxygens (including phenoxy) is 1. The van der Waals surface area contributed by atoms with Gasteiger partial charge in [-0.05, 0) is 52.7 Å². The molecule has 0 fully saturated rings. The average molecular weight is 382 g/mol. The summed E-state index contributed by atoms with van der Waals surface area (Å²) < 4.78 is 6.25. The summed E-state index contributed by atoms with van der Waals surface area (Å²) in [5, 5.41) is 0. The first kappa shape index (κ1) is 16.4. The molecule has 0 N–H and O–H groups in total. The van der Waals surface area contributed by atoms with Gasteiger partial charge in [-0.25, -0.2) is 0 Å². The topological polar surface area (TPSA) is 29.5 Å². The van der Waals surface area contributed by atoms with E-state index in [1.54, 1.807) is 4.90 Å². The van der Waals surface area contributed by atoms with Crippen LogP contribution >= 0.6 is 15.9 Å². The smallest absolute Gasteiger partial charge is 0.258 e. The molecule has 1 aliphatic heterocycles. The summed E-state index contributed by atoms with van der Waals surface area (Å²) in [4.78, 5) is 14.5. The maximum Gasteiger partial charge on any atom is 0.258 e. The molecule has 0 radical (unpaired) electrons. The summed E-state index contributed by atoms with van der Waals surface area (Å²) in [5.41, 5.74) is 3.56. The van der Waals surface area contributed by atoms with E-state index in [1.165, 1.54) is 0 Å². The summed E-state index contributed by atoms with van der Waals surface area (Å²) in [6.45, 7) is 2.85. The summed E-state index contributed by atoms with van der Waals surface area (Å²) in [5.74, 6) is 3.15. The Hall–Kier alpha value is -2.51. The molecule has 0 saturated carbocycles. The van der Waals surface area contributed by atoms with Gasteiger partial charge < -0.3 is 9.64 Å². The summed E-state index contributed by atoms with van der Waals surface area (Å²) >= 11 is 3.48. The molecule has 0 bridgehead atoms. The number of hydrogen-bond acceptors (Lipinski definition) is 2. The van der Waals surface area contributed by atoms with Crippen LogP contribution in [-0.2, 0) is 4.79 Å². The Bertz CT molecular complexity index is 864. The molecule has 0 spiro atoms. The fraction of sp³-hybridized carbons (Fsp3) is 0.150. The van der Waals surface area contributed by atoms with Gasteiger partial charge in [0, 0.05) is 17.7 Å². The highest BCUT2D eigenvalue weighted by Crippen LogP contribution is 2.38. The number of likely N-dealkylation sites (N-methyl/N-ethyl adjacent to an activating group) is 1. The lowest BCUT2D eigenvalue weighted by Crippen LogP contribution is -2.25. The molecule has 1 aliphatic rings. The van der Waals surface area contributed by atoms with E-state index in [4.69, 9.17) is 11.2 Å². The van der Waals surface area contributed by atoms with Gasteiger partial charge in [0.15, 0.2) is 0 Å². The van der Waals surface area contributed by atoms with Crippen molar-refractivity contribution in [2.45, 2.75) is 6.92 Å². The van der Waals surface area contributed by atoms with Crippen LogP contribution in [0.1, 0.15) is 18.1 Å². The van der Waals surface area contributed by atoms with Crippen molar-refractivity contribution in [3.05, 3.63) is 58.1 Å². The van der Waals surface area contributed by atoms with Gasteiger partial charge in [0.2, 0.25) is 0 Å². The first-order valence-corrected chi connectivity index (χ1v) is 8.43. The number of halogens is 1. The lowest BCUT2D eigenvalue weighted by molar-refractivity contribution is -0.112. The second-order valence-electron chi connectivity index (χ2n) is 5.31. The van der Waals surface area contributed by atoms with E-state index < -0.39 is 0 Å². The van der Waals surface area contributed by atoms with Crippen LogP contribution in [-0.4, -0.2) is 19.1 Å². The van der Waals surface area contributed by atoms with Crippen molar-refractivity contribution in [3.8, 4) is 18.1 Å². The molecule has 1 amide bonds. The second kappa shape index (κ2) is 6.94. The van der Waals surface area contributed by atoms with Crippen molar-refractivity contribution in [2.75, 3.05) is 18.1 Å². The molecular weight excluding hydrogens is 366 g/mol. The van der Waals surface area contributed by atoms with Gasteiger partial charge in [0.1, 0.15) is 12.4 Å². The molecule has 0 aromatic heterocycles. The molecule has 0 aliphatic carbocycles. The quantitative estimate of drug-likeness (QED) is 0.581. The maximum atomic E-state index is 12.7. The van der Waals surface area contributed by atoms with E-state index in [9.17, 15) is 4.79 Å². The lowest BCUT2D eigenvalue weighted by atomic mass is 10.0. The minimum absolute atomic E-state index is 0.0301. The molecule has 24 heavy (non-hydrogen) atoms. The summed E-state index contributed by atoms with van der Waals surface area (Å²) in [7, 11) is 0. The molecule has 3 nitrogen and oxygen atoms in total. The number of rotatable bonds is 4. The first-order chi connectivity index (χ1) is 11.7. The normalized spacial score (nSPS) is 14.6. The minimum Gasteiger partial charge on any atom is -0.480 e. The van der Waals surface area contributed by atoms with Crippen LogP contribution in [0.2, 0.25) is 0 Å². The zero-order chi connectivity index (χ0) is 17.1. The number of benzene rings is 2. The summed E-state index contributed by atoms with van der Waals surface area (Å²) in [6, 6.07) is 13.5. The van der Waals surface area contributed by atoms with E-state index in [-0.39, 0.29) is 12.5 Å². The zero-order valence-electron chi connectivity index (χ0n) is 13.3. The minimum atomic E-state index is 0.0301. The van der Waals surface area contributed by atoms with Gasteiger partial charge in [-0.1, -0.05) is 30.2 Å². The largest absolute Gasteiger partial charge is 0.480 e. The zero-order valence-corrected chi connectivity index (χ0v) is 14.8. The number of hydrogen-bond donors (Lipinski definition) is 0. The summed E-state index contributed by atoms with van der Waals surface area (Å²) in [6.07, 6.45) is 7.12. The first-order valence-electron chi connectivity index (χ1n) is 7.64. The number of fused-ring (bicyclic) bond motifs is 1. The standard InChI is InChI=1S/C20H16BrNO2/c1-3-11-24-19-10-9-14(13-17(19)21)12-16-15-7-5-6-8-18(15)22(4-2)20(16)23/h1,5-10,12-13H,4,11H2,2H3/b16-12-. The van der Waals surface area contributed by atoms with Gasteiger partial charge >= 0.3 is 0 Å². The molecule has 1 heterocycles. The van der Waals surface area contributed by atoms with Gasteiger partial charge in [-0.15, -0.1) is 6.42 Å². The molecule has 120 valence electrons. The Kier molecular flexibility index (Phi) is 4.73. The molecule has 2 aromatic rings. The Labute approximate surface area is 150 Å². The molecule has 0 saturated heterocycles. The molecular formula is C20H16BrNO2. The second-order valence-corrected chi connectivity index (χ2v) is 6.16. The highest BCUT2D eigenvalue weighted by Gasteiger charge is 2.30. The number of nitrogens with zero attached hydrogens (tertiary/aromatic N) is 1. The third kappa shape index (κ3) is 2.95. The highest BCUT2D eigenvalue weighted by molar-refractivity contribution is 9.10. The van der Waals surface area contributed by atoms with Crippen LogP contribution in [0.15, 0.2) is 46.9 Å². The van der Waals surface area contributed by atoms with Crippen LogP contribution in [0.5, 0.6) is 5.75 Å². The van der Waals surface area contributed by atoms with Crippen molar-refractivity contribution in [3.63, 3.8) is 0 Å². The molecule has 4 heteroatoms. The monoisotopic (exact) mass is 381 g/mol. The number of carbonyl (C=O) groups excluding carboxylic acids is 1. The fourth-order valence-electron chi connectivity index (χ4n) is 2.77. The SMILES string of the molecule is C#CCOc1ccc(/C=C2\C(=O)N(CC)c3ccccc32)cc1Br. The number of terminal acetylenes is 1. The van der Waals surface area contributed by atoms with Crippen molar-refractivity contribution >= 4 is 39.2 Å². The van der Waals surface area contributed by atoms with Crippen molar-refractivity contribution in [2.24, 2.45) is 0 Å². The van der Waals surface area contributed by atoms with Gasteiger partial charge in [-0.2, -0.15) is 0 Å². The number of para-hydroxylation sites is 1. The van der Waals surface area contributed by atoms with Crippen LogP contribution in [0.3, 0.4) is 0 Å². The molecule has 3 rings (SSSR count). The van der Waals surface area contributed by atoms with Crippen molar-refractivity contribution in [1.29, 1.82) is 0 Å². The van der Waals surface area contributed by atoms with Crippen LogP contribution in [0.25, 0.3) is 11.6 Å². The van der Waals surface area contributed by atoms with Crippen LogP contribution < -0.4 is 9.64 Å². The Balaban J connectivity index is 1.99. The van der Waals surface area contributed by atoms with E-state index in [1.807, 2.05) is 55.5 Å². The number of amides is 1. The number of anilines is 1. The fourth-order valence-corrected chi connectivity index (χ4v) is 3.28. The Morgan fingerprint density at radius 1 is 1.29 bits per heavy atom. The van der Waals surface area contributed by atoms with Crippen LogP contribution in [0, 0.1) is 12.3 Å². The average Bonchev–Trinajstić information content (AvgIpc) is 2.86. The predicted molar refractivity (Wildman–Crippen MR) is 101 cm³/mol. The van der Waals surface area contributed by atoms with E-state index >= 15 is 0 Å². The van der Waals surface area contributed by atoms with Gasteiger partial charge in [0.05, 0.1) is 10.2 Å². The van der Waals surface area contributed by atoms with E-state index in [0.717, 1.165) is 21.3 Å². The Morgan fingerprint density at radius 3 is 2.79 bits per heavy atom. The molecule has 2 aromatic carbocycles. The molecule has 0 unspecified atom stereocenters. The van der Waals surface area contributed by atoms with Gasteiger partial charge in [0.25, 0.3) is 5.91 Å². The van der Waals surface area contributed by atoms with Crippen LogP contribution in [0.4, 0.5) is 5.69 Å².